The molecule has 1 aromatic rings. The van der Waals surface area contributed by atoms with E-state index >= 15 is 0 Å². The number of carbonyl (C=O) groups is 1. The highest BCUT2D eigenvalue weighted by Crippen LogP contribution is 2.23. The predicted octanol–water partition coefficient (Wildman–Crippen LogP) is 2.12. The average molecular weight is 222 g/mol. The zero-order valence-corrected chi connectivity index (χ0v) is 10.1. The van der Waals surface area contributed by atoms with Crippen LogP contribution in [0.15, 0.2) is 18.5 Å². The molecule has 0 aliphatic carbocycles. The average Bonchev–Trinajstić information content (AvgIpc) is 2.16. The number of aromatic nitrogens is 1. The predicted molar refractivity (Wildman–Crippen MR) is 63.0 cm³/mol. The first-order valence-corrected chi connectivity index (χ1v) is 5.26. The molecule has 0 radical (unpaired) electrons. The van der Waals surface area contributed by atoms with Crippen molar-refractivity contribution in [2.24, 2.45) is 5.41 Å². The van der Waals surface area contributed by atoms with E-state index < -0.39 is 11.5 Å². The summed E-state index contributed by atoms with van der Waals surface area (Å²) in [6.45, 7) is 7.16. The molecule has 0 spiro atoms. The first-order valence-electron chi connectivity index (χ1n) is 5.26. The maximum atomic E-state index is 11.8. The largest absolute Gasteiger partial charge is 0.389 e. The van der Waals surface area contributed by atoms with Gasteiger partial charge in [0.1, 0.15) is 0 Å². The second-order valence-corrected chi connectivity index (χ2v) is 4.84. The van der Waals surface area contributed by atoms with E-state index in [1.807, 2.05) is 20.8 Å². The summed E-state index contributed by atoms with van der Waals surface area (Å²) in [5.74, 6) is -0.0950. The standard InChI is InChI=1S/C12H18N2O2/c1-8(15)9-5-6-13-7-10(9)14-11(16)12(2,3)4/h5-8,15H,1-4H3,(H,14,16). The molecule has 4 nitrogen and oxygen atoms in total. The molecule has 1 rings (SSSR count). The van der Waals surface area contributed by atoms with Crippen LogP contribution in [0, 0.1) is 5.41 Å². The second-order valence-electron chi connectivity index (χ2n) is 4.84. The van der Waals surface area contributed by atoms with Crippen molar-refractivity contribution >= 4 is 11.6 Å². The lowest BCUT2D eigenvalue weighted by Gasteiger charge is -2.19. The smallest absolute Gasteiger partial charge is 0.229 e. The van der Waals surface area contributed by atoms with E-state index in [0.717, 1.165) is 0 Å². The molecule has 2 N–H and O–H groups in total. The normalized spacial score (nSPS) is 13.3. The minimum atomic E-state index is -0.627. The van der Waals surface area contributed by atoms with Gasteiger partial charge in [0.2, 0.25) is 5.91 Å². The quantitative estimate of drug-likeness (QED) is 0.805. The third kappa shape index (κ3) is 3.03. The zero-order chi connectivity index (χ0) is 12.3. The van der Waals surface area contributed by atoms with E-state index in [-0.39, 0.29) is 5.91 Å². The number of aliphatic hydroxyl groups excluding tert-OH is 1. The highest BCUT2D eigenvalue weighted by atomic mass is 16.3. The molecule has 16 heavy (non-hydrogen) atoms. The number of hydrogen-bond donors (Lipinski definition) is 2. The van der Waals surface area contributed by atoms with Gasteiger partial charge in [-0.25, -0.2) is 0 Å². The van der Waals surface area contributed by atoms with Crippen LogP contribution in [0.5, 0.6) is 0 Å². The van der Waals surface area contributed by atoms with Crippen LogP contribution < -0.4 is 5.32 Å². The van der Waals surface area contributed by atoms with Gasteiger partial charge in [0.05, 0.1) is 18.0 Å². The van der Waals surface area contributed by atoms with Crippen LogP contribution in [0.3, 0.4) is 0 Å². The molecule has 4 heteroatoms. The van der Waals surface area contributed by atoms with Gasteiger partial charge in [0, 0.05) is 17.2 Å². The number of aliphatic hydroxyl groups is 1. The van der Waals surface area contributed by atoms with Crippen LogP contribution in [-0.4, -0.2) is 16.0 Å². The number of amides is 1. The summed E-state index contributed by atoms with van der Waals surface area (Å²) in [6, 6.07) is 1.70. The fourth-order valence-electron chi connectivity index (χ4n) is 1.18. The number of anilines is 1. The van der Waals surface area contributed by atoms with Crippen molar-refractivity contribution < 1.29 is 9.90 Å². The molecule has 1 unspecified atom stereocenters. The van der Waals surface area contributed by atoms with Crippen molar-refractivity contribution in [2.75, 3.05) is 5.32 Å². The molecule has 0 fully saturated rings. The van der Waals surface area contributed by atoms with Crippen LogP contribution in [0.4, 0.5) is 5.69 Å². The Labute approximate surface area is 95.7 Å². The minimum Gasteiger partial charge on any atom is -0.389 e. The molecule has 1 amide bonds. The van der Waals surface area contributed by atoms with Gasteiger partial charge >= 0.3 is 0 Å². The van der Waals surface area contributed by atoms with Crippen molar-refractivity contribution in [3.63, 3.8) is 0 Å². The van der Waals surface area contributed by atoms with Gasteiger partial charge in [0.15, 0.2) is 0 Å². The Balaban J connectivity index is 2.94. The minimum absolute atomic E-state index is 0.0950. The Morgan fingerprint density at radius 1 is 1.50 bits per heavy atom. The SMILES string of the molecule is CC(O)c1ccncc1NC(=O)C(C)(C)C. The van der Waals surface area contributed by atoms with E-state index in [4.69, 9.17) is 0 Å². The summed E-state index contributed by atoms with van der Waals surface area (Å²) in [5.41, 5.74) is 0.774. The summed E-state index contributed by atoms with van der Waals surface area (Å²) in [6.07, 6.45) is 2.51. The molecule has 0 saturated heterocycles. The van der Waals surface area contributed by atoms with Crippen molar-refractivity contribution in [3.8, 4) is 0 Å². The number of nitrogens with one attached hydrogen (secondary N) is 1. The first kappa shape index (κ1) is 12.6. The summed E-state index contributed by atoms with van der Waals surface area (Å²) in [4.78, 5) is 15.7. The molecule has 88 valence electrons. The lowest BCUT2D eigenvalue weighted by molar-refractivity contribution is -0.123. The Hall–Kier alpha value is -1.42. The molecule has 0 saturated carbocycles. The number of carbonyl (C=O) groups excluding carboxylic acids is 1. The van der Waals surface area contributed by atoms with Gasteiger partial charge in [-0.1, -0.05) is 20.8 Å². The second kappa shape index (κ2) is 4.61. The van der Waals surface area contributed by atoms with Crippen molar-refractivity contribution in [1.29, 1.82) is 0 Å². The van der Waals surface area contributed by atoms with Gasteiger partial charge in [-0.15, -0.1) is 0 Å². The third-order valence-electron chi connectivity index (χ3n) is 2.23. The molecule has 0 aliphatic heterocycles. The summed E-state index contributed by atoms with van der Waals surface area (Å²) >= 11 is 0. The van der Waals surface area contributed by atoms with Crippen LogP contribution in [0.25, 0.3) is 0 Å². The molecular formula is C12H18N2O2. The Kier molecular flexibility index (Phi) is 3.65. The van der Waals surface area contributed by atoms with Crippen LogP contribution in [0.2, 0.25) is 0 Å². The van der Waals surface area contributed by atoms with Crippen LogP contribution in [0.1, 0.15) is 39.4 Å². The maximum absolute atomic E-state index is 11.8. The Bertz CT molecular complexity index is 381. The summed E-state index contributed by atoms with van der Waals surface area (Å²) in [5, 5.41) is 12.3. The van der Waals surface area contributed by atoms with E-state index in [1.165, 1.54) is 0 Å². The molecule has 1 heterocycles. The first-order chi connectivity index (χ1) is 7.32. The maximum Gasteiger partial charge on any atom is 0.229 e. The highest BCUT2D eigenvalue weighted by molar-refractivity contribution is 5.95. The molecule has 1 atom stereocenters. The zero-order valence-electron chi connectivity index (χ0n) is 10.1. The molecule has 0 aliphatic rings. The van der Waals surface area contributed by atoms with Gasteiger partial charge < -0.3 is 10.4 Å². The van der Waals surface area contributed by atoms with E-state index in [0.29, 0.717) is 11.3 Å². The van der Waals surface area contributed by atoms with E-state index in [9.17, 15) is 9.90 Å². The highest BCUT2D eigenvalue weighted by Gasteiger charge is 2.22. The van der Waals surface area contributed by atoms with Crippen molar-refractivity contribution in [3.05, 3.63) is 24.0 Å². The van der Waals surface area contributed by atoms with Crippen LogP contribution in [-0.2, 0) is 4.79 Å². The van der Waals surface area contributed by atoms with Crippen molar-refractivity contribution in [2.45, 2.75) is 33.8 Å². The Morgan fingerprint density at radius 3 is 2.62 bits per heavy atom. The number of pyridine rings is 1. The number of rotatable bonds is 2. The van der Waals surface area contributed by atoms with Crippen LogP contribution >= 0.6 is 0 Å². The summed E-state index contributed by atoms with van der Waals surface area (Å²) in [7, 11) is 0. The lowest BCUT2D eigenvalue weighted by atomic mass is 9.95. The Morgan fingerprint density at radius 2 is 2.12 bits per heavy atom. The number of hydrogen-bond acceptors (Lipinski definition) is 3. The summed E-state index contributed by atoms with van der Waals surface area (Å²) < 4.78 is 0. The fourth-order valence-corrected chi connectivity index (χ4v) is 1.18. The molecule has 0 aromatic carbocycles. The van der Waals surface area contributed by atoms with Gasteiger partial charge in [0.25, 0.3) is 0 Å². The van der Waals surface area contributed by atoms with E-state index in [2.05, 4.69) is 10.3 Å². The number of nitrogens with zero attached hydrogens (tertiary/aromatic N) is 1. The lowest BCUT2D eigenvalue weighted by Crippen LogP contribution is -2.28. The van der Waals surface area contributed by atoms with Gasteiger partial charge in [-0.3, -0.25) is 9.78 Å². The third-order valence-corrected chi connectivity index (χ3v) is 2.23. The van der Waals surface area contributed by atoms with Crippen molar-refractivity contribution in [1.82, 2.24) is 4.98 Å². The molecule has 0 bridgehead atoms. The molecule has 1 aromatic heterocycles. The van der Waals surface area contributed by atoms with E-state index in [1.54, 1.807) is 25.4 Å². The molecular weight excluding hydrogens is 204 g/mol. The topological polar surface area (TPSA) is 62.2 Å². The van der Waals surface area contributed by atoms with Gasteiger partial charge in [-0.05, 0) is 13.0 Å². The van der Waals surface area contributed by atoms with Gasteiger partial charge in [-0.2, -0.15) is 0 Å². The monoisotopic (exact) mass is 222 g/mol. The fraction of sp³-hybridized carbons (Fsp3) is 0.500.